The zero-order chi connectivity index (χ0) is 9.84. The first-order valence-electron chi connectivity index (χ1n) is 4.81. The minimum Gasteiger partial charge on any atom is -0.337 e. The van der Waals surface area contributed by atoms with Crippen molar-refractivity contribution >= 4 is 0 Å². The van der Waals surface area contributed by atoms with Crippen molar-refractivity contribution < 1.29 is 0 Å². The molecule has 1 N–H and O–H groups in total. The van der Waals surface area contributed by atoms with Crippen LogP contribution in [0.1, 0.15) is 31.2 Å². The van der Waals surface area contributed by atoms with Crippen LogP contribution < -0.4 is 5.32 Å². The van der Waals surface area contributed by atoms with Crippen molar-refractivity contribution in [2.24, 2.45) is 7.05 Å². The summed E-state index contributed by atoms with van der Waals surface area (Å²) in [6, 6.07) is 0. The standard InChI is InChI=1S/C10H19N3/c1-8(2)10-9(5-6-11-3)12-7-13(10)4/h7-8,11H,5-6H2,1-4H3. The lowest BCUT2D eigenvalue weighted by Crippen LogP contribution is -2.12. The van der Waals surface area contributed by atoms with Gasteiger partial charge in [-0.05, 0) is 13.0 Å². The molecule has 0 aliphatic rings. The van der Waals surface area contributed by atoms with E-state index in [-0.39, 0.29) is 0 Å². The van der Waals surface area contributed by atoms with Crippen molar-refractivity contribution in [1.82, 2.24) is 14.9 Å². The first kappa shape index (κ1) is 10.3. The smallest absolute Gasteiger partial charge is 0.0949 e. The van der Waals surface area contributed by atoms with Gasteiger partial charge in [-0.25, -0.2) is 4.98 Å². The van der Waals surface area contributed by atoms with Gasteiger partial charge >= 0.3 is 0 Å². The van der Waals surface area contributed by atoms with E-state index in [1.165, 1.54) is 11.4 Å². The maximum absolute atomic E-state index is 4.40. The molecule has 0 aliphatic carbocycles. The first-order valence-corrected chi connectivity index (χ1v) is 4.81. The summed E-state index contributed by atoms with van der Waals surface area (Å²) in [4.78, 5) is 4.40. The number of likely N-dealkylation sites (N-methyl/N-ethyl adjacent to an activating group) is 1. The van der Waals surface area contributed by atoms with E-state index in [0.717, 1.165) is 13.0 Å². The lowest BCUT2D eigenvalue weighted by Gasteiger charge is -2.09. The zero-order valence-electron chi connectivity index (χ0n) is 8.96. The number of rotatable bonds is 4. The summed E-state index contributed by atoms with van der Waals surface area (Å²) < 4.78 is 2.12. The normalized spacial score (nSPS) is 11.2. The fourth-order valence-corrected chi connectivity index (χ4v) is 1.66. The molecule has 0 aliphatic heterocycles. The van der Waals surface area contributed by atoms with Gasteiger partial charge in [-0.3, -0.25) is 0 Å². The quantitative estimate of drug-likeness (QED) is 0.759. The number of aromatic nitrogens is 2. The summed E-state index contributed by atoms with van der Waals surface area (Å²) in [7, 11) is 4.03. The highest BCUT2D eigenvalue weighted by Crippen LogP contribution is 2.17. The van der Waals surface area contributed by atoms with E-state index in [4.69, 9.17) is 0 Å². The summed E-state index contributed by atoms with van der Waals surface area (Å²) in [5.41, 5.74) is 2.59. The Morgan fingerprint density at radius 2 is 2.23 bits per heavy atom. The summed E-state index contributed by atoms with van der Waals surface area (Å²) >= 11 is 0. The highest BCUT2D eigenvalue weighted by atomic mass is 15.0. The Kier molecular flexibility index (Phi) is 3.48. The molecule has 74 valence electrons. The summed E-state index contributed by atoms with van der Waals surface area (Å²) in [6.07, 6.45) is 2.92. The largest absolute Gasteiger partial charge is 0.337 e. The van der Waals surface area contributed by atoms with Gasteiger partial charge in [0.2, 0.25) is 0 Å². The summed E-state index contributed by atoms with van der Waals surface area (Å²) in [5.74, 6) is 0.555. The fourth-order valence-electron chi connectivity index (χ4n) is 1.66. The van der Waals surface area contributed by atoms with E-state index in [2.05, 4.69) is 35.8 Å². The van der Waals surface area contributed by atoms with Crippen molar-refractivity contribution in [2.45, 2.75) is 26.2 Å². The molecule has 1 rings (SSSR count). The number of hydrogen-bond donors (Lipinski definition) is 1. The van der Waals surface area contributed by atoms with Crippen LogP contribution >= 0.6 is 0 Å². The maximum atomic E-state index is 4.40. The van der Waals surface area contributed by atoms with E-state index in [0.29, 0.717) is 5.92 Å². The van der Waals surface area contributed by atoms with Crippen LogP contribution in [0.25, 0.3) is 0 Å². The predicted molar refractivity (Wildman–Crippen MR) is 54.9 cm³/mol. The Hall–Kier alpha value is -0.830. The first-order chi connectivity index (χ1) is 6.16. The van der Waals surface area contributed by atoms with Gasteiger partial charge < -0.3 is 9.88 Å². The van der Waals surface area contributed by atoms with Crippen molar-refractivity contribution in [2.75, 3.05) is 13.6 Å². The van der Waals surface area contributed by atoms with Crippen LogP contribution in [0.4, 0.5) is 0 Å². The highest BCUT2D eigenvalue weighted by molar-refractivity contribution is 5.17. The molecule has 1 aromatic heterocycles. The summed E-state index contributed by atoms with van der Waals surface area (Å²) in [6.45, 7) is 5.41. The molecule has 0 atom stereocenters. The number of imidazole rings is 1. The molecule has 3 nitrogen and oxygen atoms in total. The lowest BCUT2D eigenvalue weighted by molar-refractivity contribution is 0.711. The highest BCUT2D eigenvalue weighted by Gasteiger charge is 2.11. The molecule has 0 spiro atoms. The molecule has 3 heteroatoms. The Labute approximate surface area is 80.2 Å². The van der Waals surface area contributed by atoms with Gasteiger partial charge in [0.05, 0.1) is 12.0 Å². The Morgan fingerprint density at radius 1 is 1.54 bits per heavy atom. The van der Waals surface area contributed by atoms with Gasteiger partial charge in [0.15, 0.2) is 0 Å². The Balaban J connectivity index is 2.81. The van der Waals surface area contributed by atoms with E-state index in [1.54, 1.807) is 0 Å². The lowest BCUT2D eigenvalue weighted by atomic mass is 10.1. The van der Waals surface area contributed by atoms with Crippen molar-refractivity contribution in [1.29, 1.82) is 0 Å². The molecule has 0 aromatic carbocycles. The molecule has 1 aromatic rings. The van der Waals surface area contributed by atoms with E-state index in [9.17, 15) is 0 Å². The van der Waals surface area contributed by atoms with Crippen LogP contribution in [0.2, 0.25) is 0 Å². The van der Waals surface area contributed by atoms with E-state index < -0.39 is 0 Å². The molecular weight excluding hydrogens is 162 g/mol. The van der Waals surface area contributed by atoms with Crippen molar-refractivity contribution in [3.8, 4) is 0 Å². The molecule has 0 radical (unpaired) electrons. The third-order valence-corrected chi connectivity index (χ3v) is 2.22. The SMILES string of the molecule is CNCCc1ncn(C)c1C(C)C. The van der Waals surface area contributed by atoms with Gasteiger partial charge in [0.1, 0.15) is 0 Å². The fraction of sp³-hybridized carbons (Fsp3) is 0.700. The maximum Gasteiger partial charge on any atom is 0.0949 e. The van der Waals surface area contributed by atoms with Gasteiger partial charge in [-0.1, -0.05) is 13.8 Å². The van der Waals surface area contributed by atoms with Crippen molar-refractivity contribution in [3.63, 3.8) is 0 Å². The van der Waals surface area contributed by atoms with Crippen LogP contribution in [0.15, 0.2) is 6.33 Å². The van der Waals surface area contributed by atoms with Gasteiger partial charge in [-0.2, -0.15) is 0 Å². The molecule has 0 amide bonds. The molecular formula is C10H19N3. The van der Waals surface area contributed by atoms with Gasteiger partial charge in [-0.15, -0.1) is 0 Å². The predicted octanol–water partition coefficient (Wildman–Crippen LogP) is 1.31. The van der Waals surface area contributed by atoms with Crippen LogP contribution in [0.3, 0.4) is 0 Å². The van der Waals surface area contributed by atoms with Gasteiger partial charge in [0.25, 0.3) is 0 Å². The summed E-state index contributed by atoms with van der Waals surface area (Å²) in [5, 5.41) is 3.14. The van der Waals surface area contributed by atoms with Crippen LogP contribution in [-0.4, -0.2) is 23.1 Å². The van der Waals surface area contributed by atoms with E-state index in [1.807, 2.05) is 13.4 Å². The Bertz CT molecular complexity index is 263. The monoisotopic (exact) mass is 181 g/mol. The van der Waals surface area contributed by atoms with Crippen LogP contribution in [-0.2, 0) is 13.5 Å². The molecule has 0 unspecified atom stereocenters. The average Bonchev–Trinajstić information content (AvgIpc) is 2.43. The minimum atomic E-state index is 0.555. The second kappa shape index (κ2) is 4.42. The molecule has 13 heavy (non-hydrogen) atoms. The van der Waals surface area contributed by atoms with Crippen LogP contribution in [0.5, 0.6) is 0 Å². The third kappa shape index (κ3) is 2.31. The second-order valence-corrected chi connectivity index (χ2v) is 3.70. The van der Waals surface area contributed by atoms with Crippen molar-refractivity contribution in [3.05, 3.63) is 17.7 Å². The number of nitrogens with zero attached hydrogens (tertiary/aromatic N) is 2. The molecule has 1 heterocycles. The number of hydrogen-bond acceptors (Lipinski definition) is 2. The van der Waals surface area contributed by atoms with Crippen LogP contribution in [0, 0.1) is 0 Å². The zero-order valence-corrected chi connectivity index (χ0v) is 8.96. The molecule has 0 fully saturated rings. The molecule has 0 saturated heterocycles. The molecule has 0 saturated carbocycles. The Morgan fingerprint density at radius 3 is 2.77 bits per heavy atom. The second-order valence-electron chi connectivity index (χ2n) is 3.70. The topological polar surface area (TPSA) is 29.9 Å². The number of nitrogens with one attached hydrogen (secondary N) is 1. The molecule has 0 bridgehead atoms. The number of aryl methyl sites for hydroxylation is 1. The van der Waals surface area contributed by atoms with E-state index >= 15 is 0 Å². The average molecular weight is 181 g/mol. The van der Waals surface area contributed by atoms with Gasteiger partial charge in [0, 0.05) is 25.7 Å². The minimum absolute atomic E-state index is 0.555. The third-order valence-electron chi connectivity index (χ3n) is 2.22.